The Labute approximate surface area is 163 Å². The number of anilines is 1. The van der Waals surface area contributed by atoms with E-state index >= 15 is 0 Å². The van der Waals surface area contributed by atoms with Crippen molar-refractivity contribution in [2.24, 2.45) is 7.05 Å². The fourth-order valence-corrected chi connectivity index (χ4v) is 3.88. The normalized spacial score (nSPS) is 14.5. The highest BCUT2D eigenvalue weighted by atomic mass is 15.3. The number of hydrogen-bond donors (Lipinski definition) is 0. The molecule has 1 aliphatic rings. The van der Waals surface area contributed by atoms with Gasteiger partial charge in [-0.05, 0) is 25.0 Å². The molecule has 1 aromatic carbocycles. The molecular formula is C21H19N7. The molecule has 1 saturated heterocycles. The van der Waals surface area contributed by atoms with Crippen LogP contribution >= 0.6 is 0 Å². The summed E-state index contributed by atoms with van der Waals surface area (Å²) in [6.07, 6.45) is 6.92. The van der Waals surface area contributed by atoms with Gasteiger partial charge in [-0.2, -0.15) is 10.5 Å². The smallest absolute Gasteiger partial charge is 0.135 e. The van der Waals surface area contributed by atoms with Crippen molar-refractivity contribution in [1.29, 1.82) is 10.5 Å². The Morgan fingerprint density at radius 1 is 1.11 bits per heavy atom. The average molecular weight is 369 g/mol. The molecule has 7 nitrogen and oxygen atoms in total. The molecule has 0 saturated carbocycles. The second-order valence-corrected chi connectivity index (χ2v) is 6.95. The third-order valence-corrected chi connectivity index (χ3v) is 5.26. The first-order valence-corrected chi connectivity index (χ1v) is 9.18. The minimum Gasteiger partial charge on any atom is -0.370 e. The van der Waals surface area contributed by atoms with Crippen molar-refractivity contribution >= 4 is 5.69 Å². The first kappa shape index (κ1) is 17.7. The predicted molar refractivity (Wildman–Crippen MR) is 104 cm³/mol. The largest absolute Gasteiger partial charge is 0.370 e. The zero-order chi connectivity index (χ0) is 19.5. The zero-order valence-corrected chi connectivity index (χ0v) is 15.6. The Morgan fingerprint density at radius 3 is 2.61 bits per heavy atom. The summed E-state index contributed by atoms with van der Waals surface area (Å²) < 4.78 is 1.98. The van der Waals surface area contributed by atoms with Crippen molar-refractivity contribution in [2.75, 3.05) is 18.0 Å². The molecule has 3 aromatic rings. The van der Waals surface area contributed by atoms with E-state index in [1.807, 2.05) is 35.9 Å². The summed E-state index contributed by atoms with van der Waals surface area (Å²) in [4.78, 5) is 6.45. The van der Waals surface area contributed by atoms with Crippen LogP contribution in [-0.2, 0) is 7.05 Å². The van der Waals surface area contributed by atoms with Gasteiger partial charge in [0.15, 0.2) is 0 Å². The molecular weight excluding hydrogens is 350 g/mol. The summed E-state index contributed by atoms with van der Waals surface area (Å²) in [5.41, 5.74) is 3.84. The van der Waals surface area contributed by atoms with Crippen LogP contribution in [0, 0.1) is 22.7 Å². The number of nitriles is 2. The Bertz CT molecular complexity index is 1080. The molecule has 0 aliphatic carbocycles. The molecule has 138 valence electrons. The lowest BCUT2D eigenvalue weighted by atomic mass is 9.93. The molecule has 28 heavy (non-hydrogen) atoms. The first-order valence-electron chi connectivity index (χ1n) is 9.18. The summed E-state index contributed by atoms with van der Waals surface area (Å²) in [5.74, 6) is 1.38. The van der Waals surface area contributed by atoms with Crippen LogP contribution in [0.25, 0.3) is 11.1 Å². The lowest BCUT2D eigenvalue weighted by molar-refractivity contribution is 0.474. The molecule has 0 radical (unpaired) electrons. The van der Waals surface area contributed by atoms with Gasteiger partial charge in [-0.1, -0.05) is 12.1 Å². The Balaban J connectivity index is 1.67. The third kappa shape index (κ3) is 3.19. The van der Waals surface area contributed by atoms with Crippen LogP contribution < -0.4 is 4.90 Å². The van der Waals surface area contributed by atoms with Crippen molar-refractivity contribution in [2.45, 2.75) is 18.8 Å². The van der Waals surface area contributed by atoms with Crippen molar-refractivity contribution in [3.63, 3.8) is 0 Å². The van der Waals surface area contributed by atoms with Gasteiger partial charge < -0.3 is 9.47 Å². The molecule has 0 spiro atoms. The molecule has 0 N–H and O–H groups in total. The molecule has 3 heterocycles. The van der Waals surface area contributed by atoms with Crippen molar-refractivity contribution in [1.82, 2.24) is 19.7 Å². The average Bonchev–Trinajstić information content (AvgIpc) is 3.19. The Morgan fingerprint density at radius 2 is 1.93 bits per heavy atom. The summed E-state index contributed by atoms with van der Waals surface area (Å²) in [6, 6.07) is 12.0. The highest BCUT2D eigenvalue weighted by Gasteiger charge is 2.26. The number of aryl methyl sites for hydroxylation is 1. The standard InChI is InChI=1S/C21H19N7/c1-27-14-25-26-21(27)16-5-7-28(8-6-16)20-17(11-23)3-2-4-19(20)18-9-15(10-22)12-24-13-18/h2-4,9,12-14,16H,5-8H2,1H3. The second kappa shape index (κ2) is 7.50. The number of rotatable bonds is 3. The Hall–Kier alpha value is -3.71. The number of para-hydroxylation sites is 1. The van der Waals surface area contributed by atoms with Gasteiger partial charge in [0.2, 0.25) is 0 Å². The maximum absolute atomic E-state index is 9.69. The van der Waals surface area contributed by atoms with E-state index in [1.54, 1.807) is 18.7 Å². The molecule has 0 atom stereocenters. The topological polar surface area (TPSA) is 94.4 Å². The fraction of sp³-hybridized carbons (Fsp3) is 0.286. The van der Waals surface area contributed by atoms with E-state index in [4.69, 9.17) is 0 Å². The van der Waals surface area contributed by atoms with Gasteiger partial charge in [0.05, 0.1) is 16.8 Å². The van der Waals surface area contributed by atoms with Gasteiger partial charge in [-0.3, -0.25) is 4.98 Å². The van der Waals surface area contributed by atoms with Crippen LogP contribution in [0.2, 0.25) is 0 Å². The number of piperidine rings is 1. The molecule has 1 fully saturated rings. The van der Waals surface area contributed by atoms with E-state index in [0.29, 0.717) is 17.0 Å². The molecule has 7 heteroatoms. The fourth-order valence-electron chi connectivity index (χ4n) is 3.88. The van der Waals surface area contributed by atoms with Crippen LogP contribution in [0.1, 0.15) is 35.7 Å². The van der Waals surface area contributed by atoms with Crippen LogP contribution in [0.3, 0.4) is 0 Å². The van der Waals surface area contributed by atoms with Crippen LogP contribution in [0.4, 0.5) is 5.69 Å². The predicted octanol–water partition coefficient (Wildman–Crippen LogP) is 3.00. The zero-order valence-electron chi connectivity index (χ0n) is 15.6. The SMILES string of the molecule is Cn1cnnc1C1CCN(c2c(C#N)cccc2-c2cncc(C#N)c2)CC1. The quantitative estimate of drug-likeness (QED) is 0.704. The van der Waals surface area contributed by atoms with Gasteiger partial charge in [-0.25, -0.2) is 0 Å². The highest BCUT2D eigenvalue weighted by Crippen LogP contribution is 2.37. The van der Waals surface area contributed by atoms with E-state index < -0.39 is 0 Å². The highest BCUT2D eigenvalue weighted by molar-refractivity contribution is 5.83. The minimum atomic E-state index is 0.366. The summed E-state index contributed by atoms with van der Waals surface area (Å²) in [5, 5.41) is 27.2. The number of pyridine rings is 1. The maximum Gasteiger partial charge on any atom is 0.135 e. The number of hydrogen-bond acceptors (Lipinski definition) is 6. The van der Waals surface area contributed by atoms with Gasteiger partial charge in [0.1, 0.15) is 24.3 Å². The van der Waals surface area contributed by atoms with Gasteiger partial charge >= 0.3 is 0 Å². The lowest BCUT2D eigenvalue weighted by Gasteiger charge is -2.35. The first-order chi connectivity index (χ1) is 13.7. The van der Waals surface area contributed by atoms with E-state index in [9.17, 15) is 10.5 Å². The molecule has 0 amide bonds. The van der Waals surface area contributed by atoms with Gasteiger partial charge in [0, 0.05) is 49.6 Å². The number of nitrogens with zero attached hydrogens (tertiary/aromatic N) is 7. The summed E-state index contributed by atoms with van der Waals surface area (Å²) in [7, 11) is 1.97. The second-order valence-electron chi connectivity index (χ2n) is 6.95. The molecule has 0 bridgehead atoms. The maximum atomic E-state index is 9.69. The minimum absolute atomic E-state index is 0.366. The summed E-state index contributed by atoms with van der Waals surface area (Å²) >= 11 is 0. The molecule has 1 aliphatic heterocycles. The summed E-state index contributed by atoms with van der Waals surface area (Å²) in [6.45, 7) is 1.66. The van der Waals surface area contributed by atoms with Gasteiger partial charge in [0.25, 0.3) is 0 Å². The monoisotopic (exact) mass is 369 g/mol. The number of benzene rings is 1. The van der Waals surface area contributed by atoms with Crippen molar-refractivity contribution < 1.29 is 0 Å². The van der Waals surface area contributed by atoms with Crippen LogP contribution in [0.5, 0.6) is 0 Å². The molecule has 0 unspecified atom stereocenters. The third-order valence-electron chi connectivity index (χ3n) is 5.26. The molecule has 4 rings (SSSR count). The van der Waals surface area contributed by atoms with Crippen LogP contribution in [0.15, 0.2) is 43.0 Å². The van der Waals surface area contributed by atoms with E-state index in [1.165, 1.54) is 0 Å². The van der Waals surface area contributed by atoms with E-state index in [2.05, 4.69) is 32.2 Å². The van der Waals surface area contributed by atoms with Crippen LogP contribution in [-0.4, -0.2) is 32.8 Å². The van der Waals surface area contributed by atoms with E-state index in [0.717, 1.165) is 48.6 Å². The van der Waals surface area contributed by atoms with E-state index in [-0.39, 0.29) is 0 Å². The van der Waals surface area contributed by atoms with Crippen molar-refractivity contribution in [3.05, 3.63) is 59.9 Å². The Kier molecular flexibility index (Phi) is 4.74. The molecule has 2 aromatic heterocycles. The number of aromatic nitrogens is 4. The van der Waals surface area contributed by atoms with Gasteiger partial charge in [-0.15, -0.1) is 10.2 Å². The van der Waals surface area contributed by atoms with Crippen molar-refractivity contribution in [3.8, 4) is 23.3 Å². The lowest BCUT2D eigenvalue weighted by Crippen LogP contribution is -2.34.